The molecule has 0 radical (unpaired) electrons. The Morgan fingerprint density at radius 1 is 0.598 bits per heavy atom. The van der Waals surface area contributed by atoms with Crippen LogP contribution in [0.2, 0.25) is 0 Å². The largest absolute Gasteiger partial charge is 0.444 e. The third-order valence-corrected chi connectivity index (χ3v) is 16.3. The number of alkyl carbamates (subject to hydrolysis) is 1. The quantitative estimate of drug-likeness (QED) is 0.0591. The minimum Gasteiger partial charge on any atom is -0.444 e. The number of amides is 7. The van der Waals surface area contributed by atoms with Crippen molar-refractivity contribution in [2.75, 3.05) is 58.9 Å². The zero-order chi connectivity index (χ0) is 61.4. The lowest BCUT2D eigenvalue weighted by molar-refractivity contribution is 0.0496. The van der Waals surface area contributed by atoms with E-state index in [4.69, 9.17) is 30.4 Å². The fraction of sp³-hybridized carbons (Fsp3) is 0.413. The molecule has 0 spiro atoms. The zero-order valence-corrected chi connectivity index (χ0v) is 49.2. The van der Waals surface area contributed by atoms with Crippen LogP contribution in [0.25, 0.3) is 22.5 Å². The van der Waals surface area contributed by atoms with Crippen LogP contribution in [0, 0.1) is 49.0 Å². The number of carbonyl (C=O) groups is 5. The highest BCUT2D eigenvalue weighted by Crippen LogP contribution is 2.43. The maximum Gasteiger partial charge on any atom is 0.407 e. The van der Waals surface area contributed by atoms with Gasteiger partial charge >= 0.3 is 18.2 Å². The summed E-state index contributed by atoms with van der Waals surface area (Å²) in [5.41, 5.74) is 10.2. The summed E-state index contributed by atoms with van der Waals surface area (Å²) < 4.78 is 65.7. The lowest BCUT2D eigenvalue weighted by Gasteiger charge is -2.35. The van der Waals surface area contributed by atoms with E-state index in [0.717, 1.165) is 83.7 Å². The first-order valence-corrected chi connectivity index (χ1v) is 29.6. The summed E-state index contributed by atoms with van der Waals surface area (Å²) in [5, 5.41) is 14.3. The Morgan fingerprint density at radius 3 is 1.39 bits per heavy atom. The minimum absolute atomic E-state index is 0.00970. The second kappa shape index (κ2) is 24.8. The smallest absolute Gasteiger partial charge is 0.407 e. The molecule has 20 nitrogen and oxygen atoms in total. The number of nitrogens with zero attached hydrogens (tertiary/aromatic N) is 8. The van der Waals surface area contributed by atoms with E-state index in [1.54, 1.807) is 45.0 Å². The van der Waals surface area contributed by atoms with Gasteiger partial charge in [-0.15, -0.1) is 0 Å². The average molecular weight is 1200 g/mol. The number of carbonyl (C=O) groups excluding carboxylic acids is 5. The highest BCUT2D eigenvalue weighted by molar-refractivity contribution is 6.04. The molecule has 0 atom stereocenters. The van der Waals surface area contributed by atoms with Crippen molar-refractivity contribution in [2.24, 2.45) is 17.6 Å². The molecule has 0 unspecified atom stereocenters. The predicted octanol–water partition coefficient (Wildman–Crippen LogP) is 9.88. The summed E-state index contributed by atoms with van der Waals surface area (Å²) in [6, 6.07) is 16.1. The normalized spacial score (nSPS) is 17.1. The summed E-state index contributed by atoms with van der Waals surface area (Å²) in [6.45, 7) is 12.6. The minimum atomic E-state index is -0.922. The monoisotopic (exact) mass is 1190 g/mol. The molecule has 6 aliphatic rings. The van der Waals surface area contributed by atoms with Gasteiger partial charge in [-0.05, 0) is 157 Å². The Morgan fingerprint density at radius 2 is 1.00 bits per heavy atom. The summed E-state index contributed by atoms with van der Waals surface area (Å²) in [5.74, 6) is -2.21. The summed E-state index contributed by atoms with van der Waals surface area (Å²) >= 11 is 0. The predicted molar refractivity (Wildman–Crippen MR) is 320 cm³/mol. The molecule has 0 bridgehead atoms. The van der Waals surface area contributed by atoms with Gasteiger partial charge in [0.25, 0.3) is 11.8 Å². The van der Waals surface area contributed by atoms with Crippen LogP contribution < -0.4 is 51.9 Å². The third-order valence-electron chi connectivity index (χ3n) is 16.3. The topological polar surface area (TPSA) is 245 Å². The Labute approximate surface area is 501 Å². The number of aromatic nitrogens is 4. The molecular weight excluding hydrogens is 1120 g/mol. The molecule has 456 valence electrons. The Bertz CT molecular complexity index is 3630. The maximum absolute atomic E-state index is 15.2. The van der Waals surface area contributed by atoms with Gasteiger partial charge in [-0.25, -0.2) is 51.7 Å². The second-order valence-corrected chi connectivity index (χ2v) is 24.1. The van der Waals surface area contributed by atoms with Crippen LogP contribution >= 0.6 is 0 Å². The van der Waals surface area contributed by atoms with Crippen molar-refractivity contribution in [1.82, 2.24) is 46.5 Å². The number of hydrogen-bond donors (Lipinski definition) is 6. The van der Waals surface area contributed by atoms with E-state index in [2.05, 4.69) is 26.6 Å². The number of fused-ring (bicyclic) bond motifs is 2. The van der Waals surface area contributed by atoms with Crippen molar-refractivity contribution in [3.8, 4) is 22.5 Å². The first-order chi connectivity index (χ1) is 41.7. The van der Waals surface area contributed by atoms with Gasteiger partial charge in [0, 0.05) is 84.7 Å². The number of benzene rings is 4. The lowest BCUT2D eigenvalue weighted by atomic mass is 9.97. The summed E-state index contributed by atoms with van der Waals surface area (Å²) in [7, 11) is 0. The van der Waals surface area contributed by atoms with E-state index in [9.17, 15) is 32.8 Å². The highest BCUT2D eigenvalue weighted by atomic mass is 19.1. The van der Waals surface area contributed by atoms with Crippen LogP contribution in [-0.2, 0) is 17.8 Å². The molecule has 7 N–H and O–H groups in total. The summed E-state index contributed by atoms with van der Waals surface area (Å²) in [6.07, 6.45) is 6.57. The molecule has 6 aromatic rings. The second-order valence-electron chi connectivity index (χ2n) is 24.1. The molecule has 4 aliphatic heterocycles. The Hall–Kier alpha value is -8.93. The number of anilines is 6. The molecule has 4 fully saturated rings. The van der Waals surface area contributed by atoms with E-state index in [1.165, 1.54) is 12.1 Å². The third kappa shape index (κ3) is 13.4. The van der Waals surface area contributed by atoms with Crippen molar-refractivity contribution in [1.29, 1.82) is 0 Å². The van der Waals surface area contributed by atoms with Crippen LogP contribution in [0.15, 0.2) is 72.8 Å². The van der Waals surface area contributed by atoms with Gasteiger partial charge in [-0.1, -0.05) is 24.3 Å². The average Bonchev–Trinajstić information content (AvgIpc) is 1.79. The fourth-order valence-electron chi connectivity index (χ4n) is 11.0. The van der Waals surface area contributed by atoms with E-state index in [0.29, 0.717) is 115 Å². The molecule has 2 aliphatic carbocycles. The Kier molecular flexibility index (Phi) is 17.1. The number of urea groups is 2. The van der Waals surface area contributed by atoms with Crippen LogP contribution in [-0.4, -0.2) is 107 Å². The molecule has 24 heteroatoms. The van der Waals surface area contributed by atoms with Gasteiger partial charge in [-0.3, -0.25) is 9.59 Å². The van der Waals surface area contributed by atoms with Crippen molar-refractivity contribution >= 4 is 64.9 Å². The van der Waals surface area contributed by atoms with Crippen LogP contribution in [0.5, 0.6) is 0 Å². The maximum atomic E-state index is 15.2. The number of rotatable bonds is 13. The van der Waals surface area contributed by atoms with Crippen molar-refractivity contribution < 1.29 is 46.3 Å². The van der Waals surface area contributed by atoms with E-state index in [1.807, 2.05) is 35.8 Å². The molecule has 4 aromatic carbocycles. The Balaban J connectivity index is 0.000000182. The molecular formula is C63H70F4N14O6. The number of ether oxygens (including phenoxy) is 1. The van der Waals surface area contributed by atoms with Gasteiger partial charge < -0.3 is 46.9 Å². The molecule has 6 heterocycles. The molecule has 7 amide bonds. The van der Waals surface area contributed by atoms with Gasteiger partial charge in [0.15, 0.2) is 11.6 Å². The number of hydrogen-bond acceptors (Lipinski definition) is 13. The summed E-state index contributed by atoms with van der Waals surface area (Å²) in [4.78, 5) is 89.9. The lowest BCUT2D eigenvalue weighted by Crippen LogP contribution is -2.47. The first-order valence-electron chi connectivity index (χ1n) is 29.6. The fourth-order valence-corrected chi connectivity index (χ4v) is 11.0. The molecule has 12 rings (SSSR count). The van der Waals surface area contributed by atoms with Gasteiger partial charge in [0.2, 0.25) is 11.9 Å². The molecule has 2 aromatic heterocycles. The van der Waals surface area contributed by atoms with Gasteiger partial charge in [0.1, 0.15) is 40.2 Å². The number of piperidine rings is 2. The van der Waals surface area contributed by atoms with Crippen molar-refractivity contribution in [2.45, 2.75) is 117 Å². The van der Waals surface area contributed by atoms with E-state index >= 15 is 8.78 Å². The van der Waals surface area contributed by atoms with E-state index in [-0.39, 0.29) is 54.6 Å². The number of halogens is 4. The standard InChI is InChI=1S/C34H39F2N7O4.C29H31F2N7O2/c1-19-8-11-21(30(44)37-17-20-9-10-20)16-23(19)27-24-18-38-32(45)43(28-25(35)6-5-7-26(28)36)29(24)41-31(40-27)42-14-12-22(13-15-42)39-33(46)47-34(2,3)4;1-16-5-8-18(27(39)33-14-17-6-7-17)13-20(16)24-21-15-34-29(40)38(25-22(30)3-2-4-23(25)31)26(21)36-28(35-24)37-11-9-19(32)10-12-37/h5-8,11,16,20,22H,9-10,12-15,17-18H2,1-4H3,(H,37,44)(H,38,45)(H,39,46);2-5,8,13,17,19H,6-7,9-12,14-15,32H2,1H3,(H,33,39)(H,34,40). The molecule has 2 saturated heterocycles. The number of nitrogens with two attached hydrogens (primary N) is 1. The van der Waals surface area contributed by atoms with E-state index < -0.39 is 58.4 Å². The van der Waals surface area contributed by atoms with Crippen molar-refractivity contribution in [3.05, 3.63) is 129 Å². The number of aryl methyl sites for hydroxylation is 2. The number of nitrogens with one attached hydrogen (secondary N) is 5. The first kappa shape index (κ1) is 59.8. The van der Waals surface area contributed by atoms with Gasteiger partial charge in [-0.2, -0.15) is 9.97 Å². The highest BCUT2D eigenvalue weighted by Gasteiger charge is 2.38. The van der Waals surface area contributed by atoms with Crippen molar-refractivity contribution in [3.63, 3.8) is 0 Å². The molecule has 87 heavy (non-hydrogen) atoms. The number of para-hydroxylation sites is 2. The van der Waals surface area contributed by atoms with Crippen LogP contribution in [0.4, 0.5) is 66.9 Å². The zero-order valence-electron chi connectivity index (χ0n) is 49.2. The van der Waals surface area contributed by atoms with Crippen LogP contribution in [0.3, 0.4) is 0 Å². The van der Waals surface area contributed by atoms with Gasteiger partial charge in [0.05, 0.1) is 24.5 Å². The van der Waals surface area contributed by atoms with Crippen LogP contribution in [0.1, 0.15) is 115 Å². The molecule has 2 saturated carbocycles. The SMILES string of the molecule is Cc1ccc(C(=O)NCC2CC2)cc1-c1nc(N2CCC(N)CC2)nc2c1CNC(=O)N2c1c(F)cccc1F.Cc1ccc(C(=O)NCC2CC2)cc1-c1nc(N2CCC(NC(=O)OC(C)(C)C)CC2)nc2c1CNC(=O)N2c1c(F)cccc1F.